The summed E-state index contributed by atoms with van der Waals surface area (Å²) in [5, 5.41) is 4.32. The number of benzene rings is 1. The van der Waals surface area contributed by atoms with Crippen molar-refractivity contribution in [2.24, 2.45) is 5.92 Å². The lowest BCUT2D eigenvalue weighted by atomic mass is 10.0. The summed E-state index contributed by atoms with van der Waals surface area (Å²) in [6, 6.07) is 9.69. The third-order valence-corrected chi connectivity index (χ3v) is 5.08. The minimum absolute atomic E-state index is 0.748. The second-order valence-electron chi connectivity index (χ2n) is 6.27. The van der Waals surface area contributed by atoms with E-state index >= 15 is 0 Å². The molecule has 0 aliphatic rings. The van der Waals surface area contributed by atoms with E-state index in [2.05, 4.69) is 44.0 Å². The molecule has 1 aromatic carbocycles. The third-order valence-electron chi connectivity index (χ3n) is 3.02. The van der Waals surface area contributed by atoms with E-state index in [4.69, 9.17) is 11.6 Å². The number of hydrogen-bond donors (Lipinski definition) is 1. The zero-order chi connectivity index (χ0) is 13.6. The lowest BCUT2D eigenvalue weighted by Gasteiger charge is -2.25. The van der Waals surface area contributed by atoms with Crippen LogP contribution in [0.3, 0.4) is 0 Å². The summed E-state index contributed by atoms with van der Waals surface area (Å²) in [4.78, 5) is 0. The van der Waals surface area contributed by atoms with Gasteiger partial charge in [-0.25, -0.2) is 0 Å². The topological polar surface area (TPSA) is 12.0 Å². The maximum absolute atomic E-state index is 5.93. The minimum atomic E-state index is -1.00. The van der Waals surface area contributed by atoms with Crippen LogP contribution in [0, 0.1) is 5.92 Å². The van der Waals surface area contributed by atoms with Crippen molar-refractivity contribution in [2.75, 3.05) is 13.1 Å². The molecule has 1 atom stereocenters. The Morgan fingerprint density at radius 3 is 2.28 bits per heavy atom. The predicted octanol–water partition coefficient (Wildman–Crippen LogP) is 4.45. The van der Waals surface area contributed by atoms with Crippen LogP contribution in [0.25, 0.3) is 0 Å². The molecule has 0 aliphatic carbocycles. The molecular weight excluding hydrogens is 258 g/mol. The first kappa shape index (κ1) is 15.7. The van der Waals surface area contributed by atoms with Gasteiger partial charge in [-0.15, -0.1) is 0 Å². The monoisotopic (exact) mass is 283 g/mol. The Hall–Kier alpha value is -0.313. The van der Waals surface area contributed by atoms with Gasteiger partial charge in [-0.05, 0) is 43.1 Å². The number of nitrogens with one attached hydrogen (secondary N) is 1. The van der Waals surface area contributed by atoms with Crippen LogP contribution >= 0.6 is 11.6 Å². The summed E-state index contributed by atoms with van der Waals surface area (Å²) in [6.45, 7) is 11.7. The van der Waals surface area contributed by atoms with Crippen molar-refractivity contribution in [1.29, 1.82) is 0 Å². The summed E-state index contributed by atoms with van der Waals surface area (Å²) in [5.41, 5.74) is 1.40. The first-order valence-electron chi connectivity index (χ1n) is 6.86. The van der Waals surface area contributed by atoms with Gasteiger partial charge in [0.05, 0.1) is 0 Å². The molecule has 18 heavy (non-hydrogen) atoms. The molecule has 1 unspecified atom stereocenters. The highest BCUT2D eigenvalue weighted by Gasteiger charge is 2.20. The second-order valence-corrected chi connectivity index (χ2v) is 12.2. The zero-order valence-electron chi connectivity index (χ0n) is 12.1. The molecule has 0 saturated carbocycles. The molecule has 0 spiro atoms. The molecule has 102 valence electrons. The van der Waals surface area contributed by atoms with Crippen molar-refractivity contribution >= 4 is 19.7 Å². The van der Waals surface area contributed by atoms with Gasteiger partial charge < -0.3 is 5.32 Å². The van der Waals surface area contributed by atoms with Gasteiger partial charge in [0.15, 0.2) is 0 Å². The lowest BCUT2D eigenvalue weighted by molar-refractivity contribution is 0.515. The SMILES string of the molecule is CCNCC(Cc1ccc(Cl)cc1)C[Si](C)(C)C. The first-order chi connectivity index (χ1) is 8.40. The highest BCUT2D eigenvalue weighted by Crippen LogP contribution is 2.21. The summed E-state index contributed by atoms with van der Waals surface area (Å²) >= 11 is 5.93. The van der Waals surface area contributed by atoms with E-state index in [0.717, 1.165) is 30.5 Å². The molecule has 0 aliphatic heterocycles. The van der Waals surface area contributed by atoms with Crippen molar-refractivity contribution in [2.45, 2.75) is 39.0 Å². The van der Waals surface area contributed by atoms with Gasteiger partial charge >= 0.3 is 0 Å². The largest absolute Gasteiger partial charge is 0.317 e. The fourth-order valence-electron chi connectivity index (χ4n) is 2.38. The van der Waals surface area contributed by atoms with E-state index < -0.39 is 8.07 Å². The normalized spacial score (nSPS) is 13.6. The van der Waals surface area contributed by atoms with E-state index in [9.17, 15) is 0 Å². The lowest BCUT2D eigenvalue weighted by Crippen LogP contribution is -2.31. The predicted molar refractivity (Wildman–Crippen MR) is 85.3 cm³/mol. The molecule has 0 heterocycles. The smallest absolute Gasteiger partial charge is 0.0446 e. The van der Waals surface area contributed by atoms with Crippen LogP contribution in [-0.4, -0.2) is 21.2 Å². The molecule has 0 saturated heterocycles. The van der Waals surface area contributed by atoms with Gasteiger partial charge in [0.2, 0.25) is 0 Å². The Morgan fingerprint density at radius 1 is 1.17 bits per heavy atom. The molecule has 1 nitrogen and oxygen atoms in total. The van der Waals surface area contributed by atoms with E-state index in [-0.39, 0.29) is 0 Å². The average Bonchev–Trinajstić information content (AvgIpc) is 2.27. The van der Waals surface area contributed by atoms with Gasteiger partial charge in [-0.3, -0.25) is 0 Å². The molecule has 3 heteroatoms. The maximum Gasteiger partial charge on any atom is 0.0446 e. The van der Waals surface area contributed by atoms with Crippen LogP contribution in [-0.2, 0) is 6.42 Å². The summed E-state index contributed by atoms with van der Waals surface area (Å²) < 4.78 is 0. The molecule has 0 aromatic heterocycles. The zero-order valence-corrected chi connectivity index (χ0v) is 13.8. The molecule has 1 N–H and O–H groups in total. The van der Waals surface area contributed by atoms with Crippen molar-refractivity contribution in [1.82, 2.24) is 5.32 Å². The Labute approximate surface area is 118 Å². The number of halogens is 1. The van der Waals surface area contributed by atoms with E-state index in [1.807, 2.05) is 12.1 Å². The quantitative estimate of drug-likeness (QED) is 0.729. The van der Waals surface area contributed by atoms with Gasteiger partial charge in [0.25, 0.3) is 0 Å². The van der Waals surface area contributed by atoms with Crippen molar-refractivity contribution < 1.29 is 0 Å². The number of hydrogen-bond acceptors (Lipinski definition) is 1. The van der Waals surface area contributed by atoms with Gasteiger partial charge in [0, 0.05) is 13.1 Å². The Balaban J connectivity index is 2.62. The second kappa shape index (κ2) is 7.32. The molecule has 0 bridgehead atoms. The first-order valence-corrected chi connectivity index (χ1v) is 10.9. The minimum Gasteiger partial charge on any atom is -0.317 e. The summed E-state index contributed by atoms with van der Waals surface area (Å²) in [5.74, 6) is 0.748. The van der Waals surface area contributed by atoms with E-state index in [1.165, 1.54) is 11.6 Å². The molecule has 0 amide bonds. The molecule has 1 rings (SSSR count). The molecule has 0 radical (unpaired) electrons. The van der Waals surface area contributed by atoms with E-state index in [1.54, 1.807) is 0 Å². The van der Waals surface area contributed by atoms with E-state index in [0.29, 0.717) is 0 Å². The Morgan fingerprint density at radius 2 is 1.78 bits per heavy atom. The van der Waals surface area contributed by atoms with Crippen molar-refractivity contribution in [3.63, 3.8) is 0 Å². The molecule has 0 fully saturated rings. The van der Waals surface area contributed by atoms with Crippen LogP contribution in [0.15, 0.2) is 24.3 Å². The van der Waals surface area contributed by atoms with Crippen LogP contribution in [0.2, 0.25) is 30.7 Å². The highest BCUT2D eigenvalue weighted by atomic mass is 35.5. The summed E-state index contributed by atoms with van der Waals surface area (Å²) in [7, 11) is -1.00. The van der Waals surface area contributed by atoms with Gasteiger partial charge in [-0.2, -0.15) is 0 Å². The molecule has 1 aromatic rings. The van der Waals surface area contributed by atoms with Crippen LogP contribution in [0.4, 0.5) is 0 Å². The van der Waals surface area contributed by atoms with Gasteiger partial charge in [0.1, 0.15) is 0 Å². The van der Waals surface area contributed by atoms with Crippen LogP contribution < -0.4 is 5.32 Å². The Bertz CT molecular complexity index is 343. The molecular formula is C15H26ClNSi. The fraction of sp³-hybridized carbons (Fsp3) is 0.600. The standard InChI is InChI=1S/C15H26ClNSi/c1-5-17-11-14(12-18(2,3)4)10-13-6-8-15(16)9-7-13/h6-9,14,17H,5,10-12H2,1-4H3. The third kappa shape index (κ3) is 6.57. The highest BCUT2D eigenvalue weighted by molar-refractivity contribution is 6.76. The number of rotatable bonds is 7. The Kier molecular flexibility index (Phi) is 6.40. The van der Waals surface area contributed by atoms with Crippen molar-refractivity contribution in [3.05, 3.63) is 34.9 Å². The maximum atomic E-state index is 5.93. The van der Waals surface area contributed by atoms with Crippen LogP contribution in [0.1, 0.15) is 12.5 Å². The average molecular weight is 284 g/mol. The van der Waals surface area contributed by atoms with Gasteiger partial charge in [-0.1, -0.05) is 56.3 Å². The fourth-order valence-corrected chi connectivity index (χ4v) is 4.53. The van der Waals surface area contributed by atoms with Crippen molar-refractivity contribution in [3.8, 4) is 0 Å². The summed E-state index contributed by atoms with van der Waals surface area (Å²) in [6.07, 6.45) is 1.16. The van der Waals surface area contributed by atoms with Crippen LogP contribution in [0.5, 0.6) is 0 Å².